The first kappa shape index (κ1) is 13.0. The van der Waals surface area contributed by atoms with Crippen LogP contribution in [-0.2, 0) is 16.1 Å². The number of aromatic nitrogens is 2. The number of morpholine rings is 1. The van der Waals surface area contributed by atoms with Gasteiger partial charge in [0, 0.05) is 19.6 Å². The lowest BCUT2D eigenvalue weighted by Crippen LogP contribution is -2.37. The van der Waals surface area contributed by atoms with Crippen LogP contribution in [0, 0.1) is 5.41 Å². The second-order valence-electron chi connectivity index (χ2n) is 5.26. The van der Waals surface area contributed by atoms with Crippen LogP contribution < -0.4 is 11.1 Å². The van der Waals surface area contributed by atoms with Crippen molar-refractivity contribution < 1.29 is 9.53 Å². The van der Waals surface area contributed by atoms with E-state index in [-0.39, 0.29) is 12.0 Å². The van der Waals surface area contributed by atoms with Crippen molar-refractivity contribution >= 4 is 5.91 Å². The number of amides is 1. The van der Waals surface area contributed by atoms with Gasteiger partial charge in [-0.05, 0) is 13.8 Å². The highest BCUT2D eigenvalue weighted by Crippen LogP contribution is 2.23. The van der Waals surface area contributed by atoms with Crippen LogP contribution in [0.15, 0.2) is 12.5 Å². The number of ether oxygens (including phenoxy) is 1. The highest BCUT2D eigenvalue weighted by Gasteiger charge is 2.28. The Morgan fingerprint density at radius 1 is 1.72 bits per heavy atom. The zero-order chi connectivity index (χ0) is 13.2. The summed E-state index contributed by atoms with van der Waals surface area (Å²) in [4.78, 5) is 15.5. The molecule has 1 atom stereocenters. The Balaban J connectivity index is 2.14. The average Bonchev–Trinajstić information content (AvgIpc) is 2.77. The summed E-state index contributed by atoms with van der Waals surface area (Å²) in [6, 6.07) is 0. The van der Waals surface area contributed by atoms with Crippen molar-refractivity contribution in [3.63, 3.8) is 0 Å². The first-order chi connectivity index (χ1) is 8.50. The fraction of sp³-hybridized carbons (Fsp3) is 0.667. The molecule has 0 bridgehead atoms. The van der Waals surface area contributed by atoms with Crippen molar-refractivity contribution in [3.8, 4) is 0 Å². The molecule has 0 aromatic carbocycles. The van der Waals surface area contributed by atoms with Gasteiger partial charge in [-0.25, -0.2) is 4.98 Å². The predicted molar refractivity (Wildman–Crippen MR) is 66.8 cm³/mol. The van der Waals surface area contributed by atoms with Crippen LogP contribution >= 0.6 is 0 Å². The van der Waals surface area contributed by atoms with E-state index >= 15 is 0 Å². The number of rotatable bonds is 4. The standard InChI is InChI=1S/C12H20N4O2/c1-12(2,11(13)17)7-16-8-15-5-9(16)10-6-14-3-4-18-10/h5,8,10,14H,3-4,6-7H2,1-2H3,(H2,13,17). The van der Waals surface area contributed by atoms with Gasteiger partial charge in [0.05, 0.1) is 30.2 Å². The number of hydrogen-bond donors (Lipinski definition) is 2. The van der Waals surface area contributed by atoms with Crippen molar-refractivity contribution in [1.29, 1.82) is 0 Å². The first-order valence-electron chi connectivity index (χ1n) is 6.13. The zero-order valence-electron chi connectivity index (χ0n) is 10.8. The molecule has 0 radical (unpaired) electrons. The van der Waals surface area contributed by atoms with Crippen LogP contribution in [0.5, 0.6) is 0 Å². The van der Waals surface area contributed by atoms with E-state index in [9.17, 15) is 4.79 Å². The van der Waals surface area contributed by atoms with Crippen LogP contribution in [0.2, 0.25) is 0 Å². The lowest BCUT2D eigenvalue weighted by atomic mass is 9.92. The number of primary amides is 1. The van der Waals surface area contributed by atoms with Gasteiger partial charge in [-0.3, -0.25) is 4.79 Å². The fourth-order valence-electron chi connectivity index (χ4n) is 1.99. The Bertz CT molecular complexity index is 421. The Kier molecular flexibility index (Phi) is 3.68. The Hall–Kier alpha value is -1.40. The van der Waals surface area contributed by atoms with E-state index in [2.05, 4.69) is 10.3 Å². The van der Waals surface area contributed by atoms with Gasteiger partial charge < -0.3 is 20.4 Å². The molecule has 1 aliphatic rings. The second kappa shape index (κ2) is 5.07. The summed E-state index contributed by atoms with van der Waals surface area (Å²) in [6.07, 6.45) is 3.50. The number of nitrogens with one attached hydrogen (secondary N) is 1. The molecule has 0 saturated carbocycles. The van der Waals surface area contributed by atoms with Crippen LogP contribution in [0.1, 0.15) is 25.6 Å². The van der Waals surface area contributed by atoms with E-state index < -0.39 is 5.41 Å². The van der Waals surface area contributed by atoms with Gasteiger partial charge in [-0.15, -0.1) is 0 Å². The van der Waals surface area contributed by atoms with E-state index in [0.717, 1.165) is 18.8 Å². The van der Waals surface area contributed by atoms with Gasteiger partial charge >= 0.3 is 0 Å². The lowest BCUT2D eigenvalue weighted by molar-refractivity contribution is -0.126. The van der Waals surface area contributed by atoms with Gasteiger partial charge in [-0.2, -0.15) is 0 Å². The summed E-state index contributed by atoms with van der Waals surface area (Å²) < 4.78 is 7.65. The maximum atomic E-state index is 11.4. The molecular formula is C12H20N4O2. The molecule has 100 valence electrons. The number of nitrogens with zero attached hydrogens (tertiary/aromatic N) is 2. The summed E-state index contributed by atoms with van der Waals surface area (Å²) in [5.41, 5.74) is 5.78. The highest BCUT2D eigenvalue weighted by atomic mass is 16.5. The van der Waals surface area contributed by atoms with E-state index in [1.54, 1.807) is 12.5 Å². The molecule has 3 N–H and O–H groups in total. The molecule has 0 aliphatic carbocycles. The predicted octanol–water partition coefficient (Wildman–Crippen LogP) is 0.0555. The van der Waals surface area contributed by atoms with Gasteiger partial charge in [0.25, 0.3) is 0 Å². The largest absolute Gasteiger partial charge is 0.369 e. The van der Waals surface area contributed by atoms with Gasteiger partial charge in [0.2, 0.25) is 5.91 Å². The van der Waals surface area contributed by atoms with Crippen molar-refractivity contribution in [1.82, 2.24) is 14.9 Å². The molecule has 1 saturated heterocycles. The SMILES string of the molecule is CC(C)(Cn1cncc1C1CNCCO1)C(N)=O. The number of imidazole rings is 1. The van der Waals surface area contributed by atoms with Crippen LogP contribution in [-0.4, -0.2) is 35.2 Å². The lowest BCUT2D eigenvalue weighted by Gasteiger charge is -2.27. The second-order valence-corrected chi connectivity index (χ2v) is 5.26. The topological polar surface area (TPSA) is 82.2 Å². The normalized spacial score (nSPS) is 20.9. The summed E-state index contributed by atoms with van der Waals surface area (Å²) in [5.74, 6) is -0.315. The van der Waals surface area contributed by atoms with Crippen molar-refractivity contribution in [2.24, 2.45) is 11.1 Å². The van der Waals surface area contributed by atoms with Crippen LogP contribution in [0.4, 0.5) is 0 Å². The molecular weight excluding hydrogens is 232 g/mol. The Morgan fingerprint density at radius 3 is 3.11 bits per heavy atom. The minimum absolute atomic E-state index is 0.00933. The van der Waals surface area contributed by atoms with E-state index in [4.69, 9.17) is 10.5 Å². The molecule has 1 aliphatic heterocycles. The summed E-state index contributed by atoms with van der Waals surface area (Å²) in [6.45, 7) is 6.50. The van der Waals surface area contributed by atoms with Crippen molar-refractivity contribution in [2.75, 3.05) is 19.7 Å². The van der Waals surface area contributed by atoms with Gasteiger partial charge in [0.15, 0.2) is 0 Å². The summed E-state index contributed by atoms with van der Waals surface area (Å²) in [5, 5.41) is 3.28. The number of carbonyl (C=O) groups excluding carboxylic acids is 1. The molecule has 0 spiro atoms. The van der Waals surface area contributed by atoms with Crippen molar-refractivity contribution in [2.45, 2.75) is 26.5 Å². The average molecular weight is 252 g/mol. The minimum atomic E-state index is -0.600. The molecule has 2 rings (SSSR count). The molecule has 6 heteroatoms. The molecule has 1 aromatic rings. The highest BCUT2D eigenvalue weighted by molar-refractivity contribution is 5.79. The smallest absolute Gasteiger partial charge is 0.224 e. The van der Waals surface area contributed by atoms with E-state index in [1.165, 1.54) is 0 Å². The number of nitrogens with two attached hydrogens (primary N) is 1. The third kappa shape index (κ3) is 2.70. The molecule has 1 aromatic heterocycles. The molecule has 1 unspecified atom stereocenters. The fourth-order valence-corrected chi connectivity index (χ4v) is 1.99. The summed E-state index contributed by atoms with van der Waals surface area (Å²) >= 11 is 0. The molecule has 6 nitrogen and oxygen atoms in total. The zero-order valence-corrected chi connectivity index (χ0v) is 10.8. The van der Waals surface area contributed by atoms with Gasteiger partial charge in [0.1, 0.15) is 6.10 Å². The van der Waals surface area contributed by atoms with E-state index in [1.807, 2.05) is 18.4 Å². The molecule has 2 heterocycles. The van der Waals surface area contributed by atoms with E-state index in [0.29, 0.717) is 13.2 Å². The summed E-state index contributed by atoms with van der Waals surface area (Å²) in [7, 11) is 0. The number of carbonyl (C=O) groups is 1. The van der Waals surface area contributed by atoms with Gasteiger partial charge in [-0.1, -0.05) is 0 Å². The van der Waals surface area contributed by atoms with Crippen molar-refractivity contribution in [3.05, 3.63) is 18.2 Å². The molecule has 1 amide bonds. The Labute approximate surface area is 107 Å². The monoisotopic (exact) mass is 252 g/mol. The minimum Gasteiger partial charge on any atom is -0.369 e. The molecule has 1 fully saturated rings. The maximum Gasteiger partial charge on any atom is 0.224 e. The Morgan fingerprint density at radius 2 is 2.50 bits per heavy atom. The van der Waals surface area contributed by atoms with Crippen LogP contribution in [0.25, 0.3) is 0 Å². The third-order valence-electron chi connectivity index (χ3n) is 3.23. The maximum absolute atomic E-state index is 11.4. The number of hydrogen-bond acceptors (Lipinski definition) is 4. The van der Waals surface area contributed by atoms with Crippen LogP contribution in [0.3, 0.4) is 0 Å². The third-order valence-corrected chi connectivity index (χ3v) is 3.23. The quantitative estimate of drug-likeness (QED) is 0.793. The first-order valence-corrected chi connectivity index (χ1v) is 6.13. The molecule has 18 heavy (non-hydrogen) atoms.